The van der Waals surface area contributed by atoms with Gasteiger partial charge in [0.05, 0.1) is 12.0 Å². The molecule has 0 saturated heterocycles. The van der Waals surface area contributed by atoms with E-state index < -0.39 is 11.6 Å². The average molecular weight is 172 g/mol. The van der Waals surface area contributed by atoms with Gasteiger partial charge in [0.1, 0.15) is 0 Å². The molecule has 1 aliphatic carbocycles. The Labute approximate surface area is 72.4 Å². The van der Waals surface area contributed by atoms with E-state index in [1.165, 1.54) is 6.42 Å². The lowest BCUT2D eigenvalue weighted by atomic mass is 9.77. The van der Waals surface area contributed by atoms with Crippen molar-refractivity contribution in [1.29, 1.82) is 0 Å². The van der Waals surface area contributed by atoms with Crippen LogP contribution in [-0.4, -0.2) is 21.8 Å². The second kappa shape index (κ2) is 3.44. The number of rotatable bonds is 4. The summed E-state index contributed by atoms with van der Waals surface area (Å²) in [7, 11) is 0. The van der Waals surface area contributed by atoms with E-state index in [9.17, 15) is 9.90 Å². The number of hydrogen-bond donors (Lipinski definition) is 2. The summed E-state index contributed by atoms with van der Waals surface area (Å²) < 4.78 is 0. The Morgan fingerprint density at radius 1 is 1.58 bits per heavy atom. The fourth-order valence-electron chi connectivity index (χ4n) is 1.72. The average Bonchev–Trinajstić information content (AvgIpc) is 1.76. The van der Waals surface area contributed by atoms with Crippen molar-refractivity contribution in [1.82, 2.24) is 0 Å². The van der Waals surface area contributed by atoms with Crippen LogP contribution in [0.25, 0.3) is 0 Å². The van der Waals surface area contributed by atoms with Gasteiger partial charge in [0, 0.05) is 0 Å². The molecule has 1 aliphatic rings. The molecule has 0 aromatic rings. The van der Waals surface area contributed by atoms with E-state index in [-0.39, 0.29) is 6.42 Å². The molecule has 70 valence electrons. The molecule has 0 spiro atoms. The van der Waals surface area contributed by atoms with Gasteiger partial charge >= 0.3 is 5.97 Å². The summed E-state index contributed by atoms with van der Waals surface area (Å²) >= 11 is 0. The summed E-state index contributed by atoms with van der Waals surface area (Å²) in [6.07, 6.45) is 4.03. The maximum absolute atomic E-state index is 10.3. The first kappa shape index (κ1) is 9.52. The van der Waals surface area contributed by atoms with Crippen LogP contribution < -0.4 is 0 Å². The van der Waals surface area contributed by atoms with E-state index in [0.717, 1.165) is 12.8 Å². The predicted molar refractivity (Wildman–Crippen MR) is 44.8 cm³/mol. The van der Waals surface area contributed by atoms with Gasteiger partial charge in [-0.25, -0.2) is 0 Å². The summed E-state index contributed by atoms with van der Waals surface area (Å²) in [5.41, 5.74) is -1.00. The van der Waals surface area contributed by atoms with Crippen LogP contribution in [0, 0.1) is 5.92 Å². The fourth-order valence-corrected chi connectivity index (χ4v) is 1.72. The molecule has 1 rings (SSSR count). The topological polar surface area (TPSA) is 57.5 Å². The molecular formula is C9H16O3. The monoisotopic (exact) mass is 172 g/mol. The number of hydrogen-bond acceptors (Lipinski definition) is 2. The normalized spacial score (nSPS) is 22.8. The zero-order valence-corrected chi connectivity index (χ0v) is 7.42. The van der Waals surface area contributed by atoms with Crippen molar-refractivity contribution in [2.75, 3.05) is 0 Å². The summed E-state index contributed by atoms with van der Waals surface area (Å²) in [5, 5.41) is 18.1. The molecule has 0 radical (unpaired) electrons. The van der Waals surface area contributed by atoms with E-state index in [1.54, 1.807) is 6.92 Å². The molecular weight excluding hydrogens is 156 g/mol. The Morgan fingerprint density at radius 2 is 2.17 bits per heavy atom. The van der Waals surface area contributed by atoms with Gasteiger partial charge in [0.25, 0.3) is 0 Å². The lowest BCUT2D eigenvalue weighted by Crippen LogP contribution is -2.32. The van der Waals surface area contributed by atoms with Crippen LogP contribution in [0.4, 0.5) is 0 Å². The highest BCUT2D eigenvalue weighted by atomic mass is 16.4. The Kier molecular flexibility index (Phi) is 2.73. The molecule has 1 atom stereocenters. The Balaban J connectivity index is 2.30. The zero-order valence-electron chi connectivity index (χ0n) is 7.42. The van der Waals surface area contributed by atoms with Crippen molar-refractivity contribution in [3.8, 4) is 0 Å². The van der Waals surface area contributed by atoms with Crippen molar-refractivity contribution >= 4 is 5.97 Å². The van der Waals surface area contributed by atoms with E-state index in [1.807, 2.05) is 0 Å². The van der Waals surface area contributed by atoms with E-state index >= 15 is 0 Å². The molecule has 0 aromatic carbocycles. The van der Waals surface area contributed by atoms with Crippen LogP contribution in [0.1, 0.15) is 39.0 Å². The molecule has 3 nitrogen and oxygen atoms in total. The first-order valence-electron chi connectivity index (χ1n) is 4.44. The number of aliphatic carboxylic acids is 1. The van der Waals surface area contributed by atoms with Crippen LogP contribution in [0.3, 0.4) is 0 Å². The second-order valence-corrected chi connectivity index (χ2v) is 4.07. The van der Waals surface area contributed by atoms with Gasteiger partial charge in [-0.2, -0.15) is 0 Å². The molecule has 3 heteroatoms. The molecule has 1 saturated carbocycles. The van der Waals surface area contributed by atoms with Crippen LogP contribution in [-0.2, 0) is 4.79 Å². The first-order valence-corrected chi connectivity index (χ1v) is 4.44. The van der Waals surface area contributed by atoms with Crippen LogP contribution in [0.5, 0.6) is 0 Å². The van der Waals surface area contributed by atoms with Gasteiger partial charge in [-0.3, -0.25) is 4.79 Å². The summed E-state index contributed by atoms with van der Waals surface area (Å²) in [4.78, 5) is 10.3. The molecule has 0 bridgehead atoms. The Bertz CT molecular complexity index is 171. The Hall–Kier alpha value is -0.570. The minimum absolute atomic E-state index is 0.135. The molecule has 0 heterocycles. The van der Waals surface area contributed by atoms with Crippen molar-refractivity contribution in [3.63, 3.8) is 0 Å². The lowest BCUT2D eigenvalue weighted by Gasteiger charge is -2.32. The van der Waals surface area contributed by atoms with Gasteiger partial charge in [0.15, 0.2) is 0 Å². The first-order chi connectivity index (χ1) is 5.49. The van der Waals surface area contributed by atoms with Crippen LogP contribution in [0.15, 0.2) is 0 Å². The smallest absolute Gasteiger partial charge is 0.306 e. The fraction of sp³-hybridized carbons (Fsp3) is 0.889. The SMILES string of the molecule is CC(O)(CC(=O)O)CC1CCC1. The number of carboxylic acid groups (broad SMARTS) is 1. The van der Waals surface area contributed by atoms with Gasteiger partial charge in [-0.15, -0.1) is 0 Å². The van der Waals surface area contributed by atoms with Gasteiger partial charge < -0.3 is 10.2 Å². The third-order valence-corrected chi connectivity index (χ3v) is 2.49. The third-order valence-electron chi connectivity index (χ3n) is 2.49. The molecule has 12 heavy (non-hydrogen) atoms. The molecule has 0 aliphatic heterocycles. The highest BCUT2D eigenvalue weighted by Crippen LogP contribution is 2.34. The van der Waals surface area contributed by atoms with Crippen molar-refractivity contribution in [2.24, 2.45) is 5.92 Å². The highest BCUT2D eigenvalue weighted by Gasteiger charge is 2.30. The minimum Gasteiger partial charge on any atom is -0.481 e. The standard InChI is InChI=1S/C9H16O3/c1-9(12,6-8(10)11)5-7-3-2-4-7/h7,12H,2-6H2,1H3,(H,10,11). The molecule has 1 unspecified atom stereocenters. The van der Waals surface area contributed by atoms with Crippen molar-refractivity contribution < 1.29 is 15.0 Å². The summed E-state index contributed by atoms with van der Waals surface area (Å²) in [6.45, 7) is 1.61. The number of aliphatic hydroxyl groups is 1. The third kappa shape index (κ3) is 2.81. The van der Waals surface area contributed by atoms with E-state index in [0.29, 0.717) is 12.3 Å². The maximum atomic E-state index is 10.3. The minimum atomic E-state index is -1.00. The van der Waals surface area contributed by atoms with Gasteiger partial charge in [-0.05, 0) is 19.3 Å². The predicted octanol–water partition coefficient (Wildman–Crippen LogP) is 1.40. The van der Waals surface area contributed by atoms with E-state index in [4.69, 9.17) is 5.11 Å². The lowest BCUT2D eigenvalue weighted by molar-refractivity contribution is -0.142. The molecule has 2 N–H and O–H groups in total. The number of carbonyl (C=O) groups is 1. The Morgan fingerprint density at radius 3 is 2.50 bits per heavy atom. The quantitative estimate of drug-likeness (QED) is 0.674. The van der Waals surface area contributed by atoms with Gasteiger partial charge in [0.2, 0.25) is 0 Å². The highest BCUT2D eigenvalue weighted by molar-refractivity contribution is 5.68. The van der Waals surface area contributed by atoms with E-state index in [2.05, 4.69) is 0 Å². The summed E-state index contributed by atoms with van der Waals surface area (Å²) in [5.74, 6) is -0.362. The molecule has 1 fully saturated rings. The van der Waals surface area contributed by atoms with Crippen LogP contribution in [0.2, 0.25) is 0 Å². The van der Waals surface area contributed by atoms with Crippen molar-refractivity contribution in [3.05, 3.63) is 0 Å². The second-order valence-electron chi connectivity index (χ2n) is 4.07. The molecule has 0 amide bonds. The zero-order chi connectivity index (χ0) is 9.19. The molecule has 0 aromatic heterocycles. The van der Waals surface area contributed by atoms with Gasteiger partial charge in [-0.1, -0.05) is 19.3 Å². The summed E-state index contributed by atoms with van der Waals surface area (Å²) in [6, 6.07) is 0. The van der Waals surface area contributed by atoms with Crippen molar-refractivity contribution in [2.45, 2.75) is 44.6 Å². The van der Waals surface area contributed by atoms with Crippen LogP contribution >= 0.6 is 0 Å². The largest absolute Gasteiger partial charge is 0.481 e. The number of carboxylic acids is 1. The maximum Gasteiger partial charge on any atom is 0.306 e.